The number of hydrogen-bond acceptors (Lipinski definition) is 7. The van der Waals surface area contributed by atoms with Crippen molar-refractivity contribution >= 4 is 40.3 Å². The number of thioether (sulfide) groups is 1. The second-order valence-electron chi connectivity index (χ2n) is 6.55. The lowest BCUT2D eigenvalue weighted by molar-refractivity contribution is -0.384. The van der Waals surface area contributed by atoms with Gasteiger partial charge >= 0.3 is 0 Å². The van der Waals surface area contributed by atoms with Crippen molar-refractivity contribution in [2.75, 3.05) is 14.2 Å². The third kappa shape index (κ3) is 4.22. The monoisotopic (exact) mass is 435 g/mol. The zero-order valence-corrected chi connectivity index (χ0v) is 17.5. The maximum Gasteiger partial charge on any atom is 0.270 e. The number of methoxy groups -OCH3 is 1. The normalized spacial score (nSPS) is 16.3. The molecule has 2 heterocycles. The minimum atomic E-state index is -0.480. The van der Waals surface area contributed by atoms with Gasteiger partial charge in [-0.25, -0.2) is 4.99 Å². The molecule has 1 fully saturated rings. The summed E-state index contributed by atoms with van der Waals surface area (Å²) >= 11 is 1.25. The fraction of sp³-hybridized carbons (Fsp3) is 0.0909. The third-order valence-electron chi connectivity index (χ3n) is 4.54. The van der Waals surface area contributed by atoms with E-state index in [0.717, 1.165) is 5.69 Å². The molecule has 0 bridgehead atoms. The molecule has 3 aromatic rings. The lowest BCUT2D eigenvalue weighted by atomic mass is 10.1. The number of amides is 1. The van der Waals surface area contributed by atoms with E-state index in [1.165, 1.54) is 42.0 Å². The van der Waals surface area contributed by atoms with Crippen LogP contribution >= 0.6 is 11.8 Å². The Morgan fingerprint density at radius 2 is 1.94 bits per heavy atom. The van der Waals surface area contributed by atoms with Gasteiger partial charge in [-0.05, 0) is 42.1 Å². The highest BCUT2D eigenvalue weighted by Crippen LogP contribution is 2.37. The van der Waals surface area contributed by atoms with Crippen LogP contribution in [0.15, 0.2) is 75.0 Å². The molecule has 2 aromatic carbocycles. The molecule has 156 valence electrons. The third-order valence-corrected chi connectivity index (χ3v) is 5.60. The lowest BCUT2D eigenvalue weighted by Crippen LogP contribution is -2.23. The van der Waals surface area contributed by atoms with Crippen molar-refractivity contribution in [2.24, 2.45) is 4.99 Å². The van der Waals surface area contributed by atoms with E-state index in [1.807, 2.05) is 30.3 Å². The van der Waals surface area contributed by atoms with Crippen LogP contribution in [0.25, 0.3) is 17.4 Å². The number of hydrogen-bond donors (Lipinski definition) is 0. The number of rotatable bonds is 5. The summed E-state index contributed by atoms with van der Waals surface area (Å²) < 4.78 is 11.1. The first kappa shape index (κ1) is 20.4. The van der Waals surface area contributed by atoms with Crippen molar-refractivity contribution < 1.29 is 18.9 Å². The Bertz CT molecular complexity index is 1220. The molecule has 0 N–H and O–H groups in total. The van der Waals surface area contributed by atoms with Crippen LogP contribution in [-0.4, -0.2) is 35.1 Å². The van der Waals surface area contributed by atoms with Crippen molar-refractivity contribution in [1.82, 2.24) is 4.90 Å². The SMILES string of the molecule is COc1ccc([N+](=O)[O-])cc1-c1ccc(C=C2SC(=Nc3ccccc3)N(C)C2=O)o1. The number of aliphatic imine (C=N–C) groups is 1. The maximum atomic E-state index is 12.6. The fourth-order valence-corrected chi connectivity index (χ4v) is 3.94. The summed E-state index contributed by atoms with van der Waals surface area (Å²) in [6.07, 6.45) is 1.63. The highest BCUT2D eigenvalue weighted by Gasteiger charge is 2.30. The molecular weight excluding hydrogens is 418 g/mol. The van der Waals surface area contributed by atoms with Crippen LogP contribution in [0, 0.1) is 10.1 Å². The van der Waals surface area contributed by atoms with Gasteiger partial charge < -0.3 is 9.15 Å². The number of nitro groups is 1. The number of amidine groups is 1. The number of likely N-dealkylation sites (N-methyl/N-ethyl adjacent to an activating group) is 1. The average Bonchev–Trinajstić information content (AvgIpc) is 3.35. The predicted molar refractivity (Wildman–Crippen MR) is 119 cm³/mol. The average molecular weight is 435 g/mol. The van der Waals surface area contributed by atoms with Crippen LogP contribution in [-0.2, 0) is 4.79 Å². The van der Waals surface area contributed by atoms with Gasteiger partial charge in [-0.15, -0.1) is 0 Å². The van der Waals surface area contributed by atoms with Gasteiger partial charge in [0.25, 0.3) is 11.6 Å². The Morgan fingerprint density at radius 1 is 1.16 bits per heavy atom. The number of ether oxygens (including phenoxy) is 1. The smallest absolute Gasteiger partial charge is 0.270 e. The van der Waals surface area contributed by atoms with E-state index in [-0.39, 0.29) is 11.6 Å². The van der Waals surface area contributed by atoms with Gasteiger partial charge in [-0.3, -0.25) is 19.8 Å². The lowest BCUT2D eigenvalue weighted by Gasteiger charge is -2.06. The van der Waals surface area contributed by atoms with E-state index in [1.54, 1.807) is 25.3 Å². The largest absolute Gasteiger partial charge is 0.496 e. The van der Waals surface area contributed by atoms with Crippen LogP contribution in [0.1, 0.15) is 5.76 Å². The Labute approximate surface area is 182 Å². The summed E-state index contributed by atoms with van der Waals surface area (Å²) in [5, 5.41) is 11.7. The second kappa shape index (κ2) is 8.49. The van der Waals surface area contributed by atoms with E-state index >= 15 is 0 Å². The molecular formula is C22H17N3O5S. The molecule has 4 rings (SSSR count). The molecule has 1 amide bonds. The van der Waals surface area contributed by atoms with Gasteiger partial charge in [0.05, 0.1) is 28.2 Å². The first-order valence-corrected chi connectivity index (χ1v) is 10.0. The minimum absolute atomic E-state index is 0.0722. The number of benzene rings is 2. The Kier molecular flexibility index (Phi) is 5.59. The van der Waals surface area contributed by atoms with Gasteiger partial charge in [0.1, 0.15) is 17.3 Å². The number of para-hydroxylation sites is 1. The van der Waals surface area contributed by atoms with E-state index < -0.39 is 4.92 Å². The van der Waals surface area contributed by atoms with E-state index in [4.69, 9.17) is 9.15 Å². The molecule has 31 heavy (non-hydrogen) atoms. The van der Waals surface area contributed by atoms with Gasteiger partial charge in [0.15, 0.2) is 5.17 Å². The van der Waals surface area contributed by atoms with Crippen LogP contribution in [0.2, 0.25) is 0 Å². The first-order valence-electron chi connectivity index (χ1n) is 9.20. The molecule has 1 aliphatic heterocycles. The van der Waals surface area contributed by atoms with Crippen LogP contribution in [0.5, 0.6) is 5.75 Å². The standard InChI is InChI=1S/C22H17N3O5S/c1-24-21(26)20(31-22(24)23-14-6-4-3-5-7-14)13-16-9-11-19(30-16)17-12-15(25(27)28)8-10-18(17)29-2/h3-13H,1-2H3. The number of carbonyl (C=O) groups excluding carboxylic acids is 1. The van der Waals surface area contributed by atoms with E-state index in [2.05, 4.69) is 4.99 Å². The molecule has 1 aromatic heterocycles. The van der Waals surface area contributed by atoms with Crippen molar-refractivity contribution in [3.8, 4) is 17.1 Å². The van der Waals surface area contributed by atoms with Crippen molar-refractivity contribution in [3.63, 3.8) is 0 Å². The van der Waals surface area contributed by atoms with Gasteiger partial charge in [0, 0.05) is 25.3 Å². The topological polar surface area (TPSA) is 98.2 Å². The van der Waals surface area contributed by atoms with E-state index in [0.29, 0.717) is 32.9 Å². The number of nitro benzene ring substituents is 1. The summed E-state index contributed by atoms with van der Waals surface area (Å²) in [6.45, 7) is 0. The molecule has 8 nitrogen and oxygen atoms in total. The molecule has 0 saturated carbocycles. The summed E-state index contributed by atoms with van der Waals surface area (Å²) in [5.41, 5.74) is 1.14. The summed E-state index contributed by atoms with van der Waals surface area (Å²) in [7, 11) is 3.15. The molecule has 0 spiro atoms. The molecule has 9 heteroatoms. The first-order chi connectivity index (χ1) is 15.0. The zero-order chi connectivity index (χ0) is 22.0. The van der Waals surface area contributed by atoms with Gasteiger partial charge in [0.2, 0.25) is 0 Å². The molecule has 0 radical (unpaired) electrons. The quantitative estimate of drug-likeness (QED) is 0.314. The van der Waals surface area contributed by atoms with Gasteiger partial charge in [-0.1, -0.05) is 18.2 Å². The van der Waals surface area contributed by atoms with E-state index in [9.17, 15) is 14.9 Å². The maximum absolute atomic E-state index is 12.6. The predicted octanol–water partition coefficient (Wildman–Crippen LogP) is 5.10. The Hall–Kier alpha value is -3.85. The minimum Gasteiger partial charge on any atom is -0.496 e. The number of nitrogens with zero attached hydrogens (tertiary/aromatic N) is 3. The Balaban J connectivity index is 1.63. The van der Waals surface area contributed by atoms with Crippen molar-refractivity contribution in [2.45, 2.75) is 0 Å². The fourth-order valence-electron chi connectivity index (χ4n) is 2.97. The van der Waals surface area contributed by atoms with Gasteiger partial charge in [-0.2, -0.15) is 0 Å². The van der Waals surface area contributed by atoms with Crippen LogP contribution in [0.3, 0.4) is 0 Å². The van der Waals surface area contributed by atoms with Crippen molar-refractivity contribution in [1.29, 1.82) is 0 Å². The summed E-state index contributed by atoms with van der Waals surface area (Å²) in [4.78, 5) is 29.7. The highest BCUT2D eigenvalue weighted by atomic mass is 32.2. The van der Waals surface area contributed by atoms with Crippen LogP contribution in [0.4, 0.5) is 11.4 Å². The van der Waals surface area contributed by atoms with Crippen LogP contribution < -0.4 is 4.74 Å². The molecule has 1 saturated heterocycles. The number of furan rings is 1. The summed E-state index contributed by atoms with van der Waals surface area (Å²) in [5.74, 6) is 1.09. The molecule has 0 aliphatic carbocycles. The zero-order valence-electron chi connectivity index (χ0n) is 16.6. The van der Waals surface area contributed by atoms with Crippen molar-refractivity contribution in [3.05, 3.63) is 81.4 Å². The number of carbonyl (C=O) groups is 1. The summed E-state index contributed by atoms with van der Waals surface area (Å²) in [6, 6.07) is 17.0. The molecule has 0 unspecified atom stereocenters. The highest BCUT2D eigenvalue weighted by molar-refractivity contribution is 8.18. The second-order valence-corrected chi connectivity index (χ2v) is 7.56. The molecule has 0 atom stereocenters. The number of non-ortho nitro benzene ring substituents is 1. The molecule has 1 aliphatic rings. The Morgan fingerprint density at radius 3 is 2.65 bits per heavy atom.